The number of fused-ring (bicyclic) bond motifs is 1. The molecular weight excluding hydrogens is 282 g/mol. The first-order chi connectivity index (χ1) is 10.3. The zero-order valence-electron chi connectivity index (χ0n) is 11.4. The molecule has 3 heteroatoms. The fourth-order valence-electron chi connectivity index (χ4n) is 2.04. The van der Waals surface area contributed by atoms with E-state index in [1.165, 1.54) is 0 Å². The Morgan fingerprint density at radius 3 is 2.67 bits per heavy atom. The van der Waals surface area contributed by atoms with E-state index in [1.54, 1.807) is 6.26 Å². The Morgan fingerprint density at radius 1 is 1.00 bits per heavy atom. The maximum absolute atomic E-state index is 5.98. The highest BCUT2D eigenvalue weighted by Crippen LogP contribution is 2.18. The van der Waals surface area contributed by atoms with Crippen LogP contribution >= 0.6 is 11.6 Å². The summed E-state index contributed by atoms with van der Waals surface area (Å²) in [6.07, 6.45) is 3.52. The molecule has 1 heterocycles. The van der Waals surface area contributed by atoms with E-state index in [-0.39, 0.29) is 0 Å². The van der Waals surface area contributed by atoms with Crippen LogP contribution in [0.1, 0.15) is 11.3 Å². The van der Waals surface area contributed by atoms with Gasteiger partial charge in [0.05, 0.1) is 17.5 Å². The summed E-state index contributed by atoms with van der Waals surface area (Å²) in [4.78, 5) is 4.53. The molecule has 0 radical (unpaired) electrons. The van der Waals surface area contributed by atoms with Gasteiger partial charge in [0.2, 0.25) is 0 Å². The Labute approximate surface area is 128 Å². The van der Waals surface area contributed by atoms with Crippen LogP contribution in [0.2, 0.25) is 5.02 Å². The molecule has 104 valence electrons. The number of rotatable bonds is 4. The molecule has 21 heavy (non-hydrogen) atoms. The van der Waals surface area contributed by atoms with Crippen LogP contribution in [0.15, 0.2) is 66.9 Å². The average molecular weight is 296 g/mol. The third-order valence-electron chi connectivity index (χ3n) is 3.10. The lowest BCUT2D eigenvalue weighted by Gasteiger charge is -2.01. The number of halogens is 1. The lowest BCUT2D eigenvalue weighted by atomic mass is 10.2. The number of aromatic nitrogens is 1. The first-order valence-corrected chi connectivity index (χ1v) is 7.07. The van der Waals surface area contributed by atoms with Gasteiger partial charge in [0.15, 0.2) is 0 Å². The van der Waals surface area contributed by atoms with Crippen molar-refractivity contribution in [2.45, 2.75) is 6.61 Å². The van der Waals surface area contributed by atoms with E-state index in [1.807, 2.05) is 66.7 Å². The van der Waals surface area contributed by atoms with Crippen molar-refractivity contribution in [1.82, 2.24) is 4.98 Å². The van der Waals surface area contributed by atoms with E-state index >= 15 is 0 Å². The highest BCUT2D eigenvalue weighted by Gasteiger charge is 1.97. The SMILES string of the molecule is Clc1ccc2ccc(/C=C/OCc3ccccc3)nc2c1. The Bertz CT molecular complexity index is 769. The van der Waals surface area contributed by atoms with Crippen molar-refractivity contribution < 1.29 is 4.74 Å². The van der Waals surface area contributed by atoms with Crippen LogP contribution in [0.4, 0.5) is 0 Å². The molecule has 3 aromatic rings. The standard InChI is InChI=1S/C18H14ClNO/c19-16-8-6-15-7-9-17(20-18(15)12-16)10-11-21-13-14-4-2-1-3-5-14/h1-12H,13H2/b11-10+. The molecule has 0 aliphatic heterocycles. The maximum Gasteiger partial charge on any atom is 0.112 e. The Hall–Kier alpha value is -2.32. The highest BCUT2D eigenvalue weighted by atomic mass is 35.5. The topological polar surface area (TPSA) is 22.1 Å². The van der Waals surface area contributed by atoms with Crippen LogP contribution in [0.3, 0.4) is 0 Å². The normalized spacial score (nSPS) is 11.1. The largest absolute Gasteiger partial charge is 0.496 e. The van der Waals surface area contributed by atoms with Crippen molar-refractivity contribution in [3.05, 3.63) is 83.2 Å². The molecule has 2 aromatic carbocycles. The fraction of sp³-hybridized carbons (Fsp3) is 0.0556. The van der Waals surface area contributed by atoms with Crippen LogP contribution in [-0.4, -0.2) is 4.98 Å². The summed E-state index contributed by atoms with van der Waals surface area (Å²) in [6, 6.07) is 19.7. The summed E-state index contributed by atoms with van der Waals surface area (Å²) in [5, 5.41) is 1.76. The molecule has 0 atom stereocenters. The molecule has 0 N–H and O–H groups in total. The van der Waals surface area contributed by atoms with Crippen LogP contribution in [-0.2, 0) is 11.3 Å². The number of ether oxygens (including phenoxy) is 1. The van der Waals surface area contributed by atoms with Crippen molar-refractivity contribution in [3.63, 3.8) is 0 Å². The molecule has 0 aliphatic rings. The predicted octanol–water partition coefficient (Wildman–Crippen LogP) is 5.08. The molecule has 3 rings (SSSR count). The van der Waals surface area contributed by atoms with E-state index in [9.17, 15) is 0 Å². The average Bonchev–Trinajstić information content (AvgIpc) is 2.52. The zero-order chi connectivity index (χ0) is 14.5. The molecule has 0 saturated carbocycles. The maximum atomic E-state index is 5.98. The summed E-state index contributed by atoms with van der Waals surface area (Å²) in [6.45, 7) is 0.552. The second kappa shape index (κ2) is 6.42. The summed E-state index contributed by atoms with van der Waals surface area (Å²) < 4.78 is 5.51. The molecule has 0 bridgehead atoms. The van der Waals surface area contributed by atoms with Crippen molar-refractivity contribution in [3.8, 4) is 0 Å². The van der Waals surface area contributed by atoms with Crippen LogP contribution in [0.25, 0.3) is 17.0 Å². The highest BCUT2D eigenvalue weighted by molar-refractivity contribution is 6.31. The Kier molecular flexibility index (Phi) is 4.17. The van der Waals surface area contributed by atoms with Gasteiger partial charge in [-0.25, -0.2) is 4.98 Å². The van der Waals surface area contributed by atoms with Gasteiger partial charge < -0.3 is 4.74 Å². The second-order valence-corrected chi connectivity index (χ2v) is 5.11. The molecule has 0 amide bonds. The van der Waals surface area contributed by atoms with Gasteiger partial charge in [-0.15, -0.1) is 0 Å². The minimum absolute atomic E-state index is 0.552. The van der Waals surface area contributed by atoms with Crippen LogP contribution in [0.5, 0.6) is 0 Å². The third kappa shape index (κ3) is 3.61. The minimum Gasteiger partial charge on any atom is -0.496 e. The van der Waals surface area contributed by atoms with E-state index in [0.717, 1.165) is 22.2 Å². The quantitative estimate of drug-likeness (QED) is 0.627. The Morgan fingerprint density at radius 2 is 1.81 bits per heavy atom. The number of benzene rings is 2. The van der Waals surface area contributed by atoms with E-state index in [2.05, 4.69) is 4.98 Å². The summed E-state index contributed by atoms with van der Waals surface area (Å²) in [5.41, 5.74) is 2.87. The van der Waals surface area contributed by atoms with Gasteiger partial charge in [-0.05, 0) is 29.8 Å². The zero-order valence-corrected chi connectivity index (χ0v) is 12.1. The Balaban J connectivity index is 1.68. The summed E-state index contributed by atoms with van der Waals surface area (Å²) in [5.74, 6) is 0. The number of pyridine rings is 1. The molecule has 0 fully saturated rings. The van der Waals surface area contributed by atoms with Crippen LogP contribution < -0.4 is 0 Å². The van der Waals surface area contributed by atoms with Crippen molar-refractivity contribution >= 4 is 28.6 Å². The monoisotopic (exact) mass is 295 g/mol. The van der Waals surface area contributed by atoms with E-state index in [4.69, 9.17) is 16.3 Å². The molecular formula is C18H14ClNO. The van der Waals surface area contributed by atoms with E-state index in [0.29, 0.717) is 11.6 Å². The molecule has 1 aromatic heterocycles. The van der Waals surface area contributed by atoms with Gasteiger partial charge in [0.25, 0.3) is 0 Å². The summed E-state index contributed by atoms with van der Waals surface area (Å²) >= 11 is 5.98. The lowest BCUT2D eigenvalue weighted by molar-refractivity contribution is 0.239. The van der Waals surface area contributed by atoms with Crippen molar-refractivity contribution in [2.75, 3.05) is 0 Å². The van der Waals surface area contributed by atoms with Gasteiger partial charge in [-0.3, -0.25) is 0 Å². The molecule has 0 spiro atoms. The molecule has 0 saturated heterocycles. The first kappa shape index (κ1) is 13.7. The first-order valence-electron chi connectivity index (χ1n) is 6.70. The number of hydrogen-bond donors (Lipinski definition) is 0. The van der Waals surface area contributed by atoms with Gasteiger partial charge in [-0.1, -0.05) is 54.1 Å². The second-order valence-electron chi connectivity index (χ2n) is 4.67. The number of nitrogens with zero attached hydrogens (tertiary/aromatic N) is 1. The van der Waals surface area contributed by atoms with Crippen LogP contribution in [0, 0.1) is 0 Å². The fourth-order valence-corrected chi connectivity index (χ4v) is 2.20. The molecule has 0 aliphatic carbocycles. The smallest absolute Gasteiger partial charge is 0.112 e. The van der Waals surface area contributed by atoms with Crippen molar-refractivity contribution in [1.29, 1.82) is 0 Å². The third-order valence-corrected chi connectivity index (χ3v) is 3.34. The van der Waals surface area contributed by atoms with Crippen molar-refractivity contribution in [2.24, 2.45) is 0 Å². The van der Waals surface area contributed by atoms with Gasteiger partial charge in [0.1, 0.15) is 6.61 Å². The number of hydrogen-bond acceptors (Lipinski definition) is 2. The van der Waals surface area contributed by atoms with Gasteiger partial charge >= 0.3 is 0 Å². The predicted molar refractivity (Wildman–Crippen MR) is 87.0 cm³/mol. The lowest BCUT2D eigenvalue weighted by Crippen LogP contribution is -1.86. The summed E-state index contributed by atoms with van der Waals surface area (Å²) in [7, 11) is 0. The molecule has 0 unspecified atom stereocenters. The van der Waals surface area contributed by atoms with E-state index < -0.39 is 0 Å². The van der Waals surface area contributed by atoms with Gasteiger partial charge in [-0.2, -0.15) is 0 Å². The molecule has 2 nitrogen and oxygen atoms in total. The van der Waals surface area contributed by atoms with Gasteiger partial charge in [0, 0.05) is 10.4 Å². The minimum atomic E-state index is 0.552.